The van der Waals surface area contributed by atoms with Gasteiger partial charge in [0.15, 0.2) is 0 Å². The lowest BCUT2D eigenvalue weighted by Crippen LogP contribution is -2.30. The van der Waals surface area contributed by atoms with E-state index in [1.54, 1.807) is 0 Å². The van der Waals surface area contributed by atoms with Gasteiger partial charge in [0, 0.05) is 26.7 Å². The van der Waals surface area contributed by atoms with E-state index < -0.39 is 37.9 Å². The van der Waals surface area contributed by atoms with Crippen molar-refractivity contribution in [2.45, 2.75) is 19.1 Å². The average molecular weight is 188 g/mol. The summed E-state index contributed by atoms with van der Waals surface area (Å²) >= 11 is 0. The predicted molar refractivity (Wildman–Crippen MR) is 52.5 cm³/mol. The maximum absolute atomic E-state index is 7.94. The van der Waals surface area contributed by atoms with E-state index in [1.807, 2.05) is 0 Å². The van der Waals surface area contributed by atoms with Gasteiger partial charge in [-0.25, -0.2) is 4.98 Å². The number of aromatic nitrogens is 2. The van der Waals surface area contributed by atoms with Crippen LogP contribution in [-0.4, -0.2) is 23.0 Å². The number of nitrogen functional groups attached to an aromatic ring is 1. The van der Waals surface area contributed by atoms with Crippen molar-refractivity contribution < 1.29 is 13.7 Å². The summed E-state index contributed by atoms with van der Waals surface area (Å²) in [5.74, 6) is -0.743. The van der Waals surface area contributed by atoms with E-state index in [0.717, 1.165) is 12.4 Å². The molecule has 1 saturated heterocycles. The number of rotatable bonds is 1. The van der Waals surface area contributed by atoms with Crippen LogP contribution in [0.2, 0.25) is 0 Å². The average Bonchev–Trinajstić information content (AvgIpc) is 2.36. The molecule has 0 amide bonds. The highest BCUT2D eigenvalue weighted by molar-refractivity contribution is 5.41. The standard InChI is InChI=1S/C9H14N4/c10-8-6-11-7-9(12-8)13-4-2-1-3-5-13/h6-7H,1-5H2,(H2,10,12)/i1D2,2D2,3D2,4D2,5D2. The van der Waals surface area contributed by atoms with Crippen LogP contribution in [-0.2, 0) is 0 Å². The van der Waals surface area contributed by atoms with Crippen molar-refractivity contribution >= 4 is 11.6 Å². The molecule has 13 heavy (non-hydrogen) atoms. The Balaban J connectivity index is 2.80. The van der Waals surface area contributed by atoms with Crippen LogP contribution >= 0.6 is 0 Å². The lowest BCUT2D eigenvalue weighted by Gasteiger charge is -2.27. The van der Waals surface area contributed by atoms with Gasteiger partial charge >= 0.3 is 0 Å². The molecule has 0 atom stereocenters. The summed E-state index contributed by atoms with van der Waals surface area (Å²) in [6.07, 6.45) is -8.26. The molecule has 0 aliphatic carbocycles. The third-order valence-corrected chi connectivity index (χ3v) is 1.33. The van der Waals surface area contributed by atoms with E-state index in [4.69, 9.17) is 19.4 Å². The second-order valence-electron chi connectivity index (χ2n) is 2.24. The maximum Gasteiger partial charge on any atom is 0.149 e. The molecule has 70 valence electrons. The molecule has 0 bridgehead atoms. The number of hydrogen-bond acceptors (Lipinski definition) is 4. The molecule has 2 heterocycles. The lowest BCUT2D eigenvalue weighted by molar-refractivity contribution is 0.573. The van der Waals surface area contributed by atoms with Gasteiger partial charge in [0.2, 0.25) is 0 Å². The van der Waals surface area contributed by atoms with Gasteiger partial charge in [0.1, 0.15) is 11.6 Å². The molecular weight excluding hydrogens is 164 g/mol. The second kappa shape index (κ2) is 3.60. The summed E-state index contributed by atoms with van der Waals surface area (Å²) in [5, 5.41) is 0. The largest absolute Gasteiger partial charge is 0.382 e. The van der Waals surface area contributed by atoms with E-state index in [9.17, 15) is 0 Å². The quantitative estimate of drug-likeness (QED) is 0.715. The van der Waals surface area contributed by atoms with E-state index >= 15 is 0 Å². The van der Waals surface area contributed by atoms with Crippen molar-refractivity contribution in [2.75, 3.05) is 23.6 Å². The molecule has 0 aromatic carbocycles. The summed E-state index contributed by atoms with van der Waals surface area (Å²) in [7, 11) is 0. The molecule has 0 saturated carbocycles. The second-order valence-corrected chi connectivity index (χ2v) is 2.24. The highest BCUT2D eigenvalue weighted by atomic mass is 15.2. The molecule has 1 fully saturated rings. The summed E-state index contributed by atoms with van der Waals surface area (Å²) in [4.78, 5) is 7.41. The first-order valence-electron chi connectivity index (χ1n) is 8.50. The number of anilines is 2. The van der Waals surface area contributed by atoms with Crippen molar-refractivity contribution in [1.29, 1.82) is 0 Å². The molecule has 2 rings (SSSR count). The highest BCUT2D eigenvalue weighted by Crippen LogP contribution is 2.16. The van der Waals surface area contributed by atoms with Crippen molar-refractivity contribution in [1.82, 2.24) is 9.97 Å². The zero-order chi connectivity index (χ0) is 18.1. The number of nitrogens with zero attached hydrogens (tertiary/aromatic N) is 3. The monoisotopic (exact) mass is 188 g/mol. The Kier molecular flexibility index (Phi) is 0.717. The molecule has 1 aromatic rings. The van der Waals surface area contributed by atoms with Gasteiger partial charge in [0.05, 0.1) is 12.4 Å². The Morgan fingerprint density at radius 1 is 1.31 bits per heavy atom. The van der Waals surface area contributed by atoms with Crippen LogP contribution in [0.4, 0.5) is 11.6 Å². The molecule has 0 radical (unpaired) electrons. The van der Waals surface area contributed by atoms with Crippen LogP contribution < -0.4 is 10.6 Å². The predicted octanol–water partition coefficient (Wildman–Crippen LogP) is 1.05. The number of piperidine rings is 1. The first-order valence-corrected chi connectivity index (χ1v) is 3.50. The Labute approximate surface area is 91.8 Å². The highest BCUT2D eigenvalue weighted by Gasteiger charge is 2.11. The topological polar surface area (TPSA) is 55.0 Å². The van der Waals surface area contributed by atoms with Crippen LogP contribution in [0.15, 0.2) is 12.4 Å². The summed E-state index contributed by atoms with van der Waals surface area (Å²) < 4.78 is 78.3. The number of hydrogen-bond donors (Lipinski definition) is 1. The Morgan fingerprint density at radius 2 is 2.08 bits per heavy atom. The van der Waals surface area contributed by atoms with Crippen LogP contribution in [0, 0.1) is 0 Å². The normalized spacial score (nSPS) is 48.2. The number of nitrogens with two attached hydrogens (primary N) is 1. The minimum Gasteiger partial charge on any atom is -0.382 e. The third-order valence-electron chi connectivity index (χ3n) is 1.33. The minimum absolute atomic E-state index is 0.116. The minimum atomic E-state index is -3.46. The Bertz CT molecular complexity index is 601. The molecule has 0 spiro atoms. The van der Waals surface area contributed by atoms with Crippen molar-refractivity contribution in [3.63, 3.8) is 0 Å². The third kappa shape index (κ3) is 1.88. The SMILES string of the molecule is [2H]C1([2H])N(c2cncc(N)n2)C([2H])([2H])C([2H])([2H])C([2H])([2H])C1([2H])[2H]. The van der Waals surface area contributed by atoms with Gasteiger partial charge < -0.3 is 10.6 Å². The summed E-state index contributed by atoms with van der Waals surface area (Å²) in [5.41, 5.74) is 5.42. The summed E-state index contributed by atoms with van der Waals surface area (Å²) in [6, 6.07) is 0. The van der Waals surface area contributed by atoms with E-state index in [-0.39, 0.29) is 10.7 Å². The van der Waals surface area contributed by atoms with Crippen LogP contribution in [0.1, 0.15) is 32.8 Å². The fourth-order valence-electron chi connectivity index (χ4n) is 0.819. The van der Waals surface area contributed by atoms with Crippen molar-refractivity contribution in [3.8, 4) is 0 Å². The summed E-state index contributed by atoms with van der Waals surface area (Å²) in [6.45, 7) is -6.54. The molecular formula is C9H14N4. The Hall–Kier alpha value is -1.32. The fourth-order valence-corrected chi connectivity index (χ4v) is 0.819. The molecule has 1 aliphatic rings. The van der Waals surface area contributed by atoms with Gasteiger partial charge in [-0.15, -0.1) is 0 Å². The van der Waals surface area contributed by atoms with Crippen LogP contribution in [0.25, 0.3) is 0 Å². The Morgan fingerprint density at radius 3 is 2.77 bits per heavy atom. The molecule has 0 unspecified atom stereocenters. The van der Waals surface area contributed by atoms with Crippen molar-refractivity contribution in [2.24, 2.45) is 0 Å². The lowest BCUT2D eigenvalue weighted by atomic mass is 10.1. The van der Waals surface area contributed by atoms with Crippen LogP contribution in [0.5, 0.6) is 0 Å². The van der Waals surface area contributed by atoms with E-state index in [2.05, 4.69) is 9.97 Å². The first kappa shape index (κ1) is 2.59. The van der Waals surface area contributed by atoms with E-state index in [1.165, 1.54) is 0 Å². The zero-order valence-corrected chi connectivity index (χ0v) is 6.57. The smallest absolute Gasteiger partial charge is 0.149 e. The fraction of sp³-hybridized carbons (Fsp3) is 0.556. The molecule has 4 nitrogen and oxygen atoms in total. The van der Waals surface area contributed by atoms with Gasteiger partial charge in [-0.2, -0.15) is 0 Å². The van der Waals surface area contributed by atoms with Crippen molar-refractivity contribution in [3.05, 3.63) is 12.4 Å². The molecule has 4 heteroatoms. The van der Waals surface area contributed by atoms with Gasteiger partial charge in [-0.3, -0.25) is 4.98 Å². The van der Waals surface area contributed by atoms with Gasteiger partial charge in [0.25, 0.3) is 0 Å². The van der Waals surface area contributed by atoms with Gasteiger partial charge in [-0.1, -0.05) is 0 Å². The van der Waals surface area contributed by atoms with Crippen LogP contribution in [0.3, 0.4) is 0 Å². The zero-order valence-electron chi connectivity index (χ0n) is 16.6. The van der Waals surface area contributed by atoms with Gasteiger partial charge in [-0.05, 0) is 19.1 Å². The van der Waals surface area contributed by atoms with E-state index in [0.29, 0.717) is 0 Å². The molecule has 1 aromatic heterocycles. The first-order chi connectivity index (χ1) is 10.1. The maximum atomic E-state index is 7.94. The molecule has 1 aliphatic heterocycles. The molecule has 2 N–H and O–H groups in total.